The van der Waals surface area contributed by atoms with Crippen LogP contribution in [0.3, 0.4) is 0 Å². The first-order chi connectivity index (χ1) is 6.56. The molecule has 0 bridgehead atoms. The van der Waals surface area contributed by atoms with Gasteiger partial charge in [0.05, 0.1) is 17.2 Å². The first-order valence-electron chi connectivity index (χ1n) is 3.57. The van der Waals surface area contributed by atoms with Crippen LogP contribution in [0.15, 0.2) is 22.1 Å². The number of nitrogens with zero attached hydrogens (tertiary/aromatic N) is 2. The van der Waals surface area contributed by atoms with Crippen molar-refractivity contribution in [2.24, 2.45) is 0 Å². The van der Waals surface area contributed by atoms with Crippen LogP contribution in [0.1, 0.15) is 12.7 Å². The summed E-state index contributed by atoms with van der Waals surface area (Å²) in [5.74, 6) is -0.277. The van der Waals surface area contributed by atoms with E-state index in [1.807, 2.05) is 6.07 Å². The smallest absolute Gasteiger partial charge is 0.400 e. The molecular weight excluding hydrogens is 208 g/mol. The van der Waals surface area contributed by atoms with Gasteiger partial charge in [-0.3, -0.25) is 10.1 Å². The Hall–Kier alpha value is -1.80. The first-order valence-corrected chi connectivity index (χ1v) is 3.95. The SMILES string of the molecule is CC(C#N)=C(Cl)c1ccc([N+](=O)[O-])o1. The summed E-state index contributed by atoms with van der Waals surface area (Å²) in [5.41, 5.74) is 0.246. The molecule has 0 aliphatic heterocycles. The maximum atomic E-state index is 10.3. The number of hydrogen-bond donors (Lipinski definition) is 0. The zero-order chi connectivity index (χ0) is 10.7. The molecule has 0 amide bonds. The molecule has 0 saturated heterocycles. The summed E-state index contributed by atoms with van der Waals surface area (Å²) in [5, 5.41) is 18.9. The average Bonchev–Trinajstić information content (AvgIpc) is 2.64. The van der Waals surface area contributed by atoms with E-state index < -0.39 is 10.8 Å². The van der Waals surface area contributed by atoms with Crippen molar-refractivity contribution in [3.63, 3.8) is 0 Å². The second-order valence-electron chi connectivity index (χ2n) is 2.45. The molecule has 0 radical (unpaired) electrons. The number of furan rings is 1. The van der Waals surface area contributed by atoms with Gasteiger partial charge in [-0.15, -0.1) is 0 Å². The highest BCUT2D eigenvalue weighted by Gasteiger charge is 2.14. The molecule has 5 nitrogen and oxygen atoms in total. The zero-order valence-corrected chi connectivity index (χ0v) is 7.91. The minimum Gasteiger partial charge on any atom is -0.400 e. The van der Waals surface area contributed by atoms with Crippen LogP contribution < -0.4 is 0 Å². The fourth-order valence-electron chi connectivity index (χ4n) is 0.778. The van der Waals surface area contributed by atoms with Crippen LogP contribution in [0.25, 0.3) is 5.03 Å². The van der Waals surface area contributed by atoms with E-state index in [2.05, 4.69) is 0 Å². The fourth-order valence-corrected chi connectivity index (χ4v) is 0.921. The topological polar surface area (TPSA) is 80.1 Å². The Morgan fingerprint density at radius 3 is 2.79 bits per heavy atom. The second kappa shape index (κ2) is 3.94. The van der Waals surface area contributed by atoms with Crippen molar-refractivity contribution in [2.45, 2.75) is 6.92 Å². The molecule has 1 aromatic rings. The van der Waals surface area contributed by atoms with Crippen LogP contribution in [-0.4, -0.2) is 4.92 Å². The van der Waals surface area contributed by atoms with Crippen LogP contribution in [0.2, 0.25) is 0 Å². The molecule has 0 atom stereocenters. The molecule has 1 rings (SSSR count). The molecule has 72 valence electrons. The number of nitriles is 1. The monoisotopic (exact) mass is 212 g/mol. The van der Waals surface area contributed by atoms with Crippen molar-refractivity contribution in [1.29, 1.82) is 5.26 Å². The third-order valence-electron chi connectivity index (χ3n) is 1.49. The van der Waals surface area contributed by atoms with Gasteiger partial charge in [0.15, 0.2) is 5.76 Å². The Balaban J connectivity index is 3.11. The standard InChI is InChI=1S/C8H5ClN2O3/c1-5(4-10)8(9)6-2-3-7(14-6)11(12)13/h2-3H,1H3. The minimum atomic E-state index is -0.671. The zero-order valence-electron chi connectivity index (χ0n) is 7.15. The van der Waals surface area contributed by atoms with Gasteiger partial charge in [-0.25, -0.2) is 0 Å². The van der Waals surface area contributed by atoms with E-state index in [1.165, 1.54) is 19.1 Å². The minimum absolute atomic E-state index is 0.0839. The van der Waals surface area contributed by atoms with Crippen molar-refractivity contribution < 1.29 is 9.34 Å². The number of nitro groups is 1. The van der Waals surface area contributed by atoms with Crippen LogP contribution in [0.5, 0.6) is 0 Å². The van der Waals surface area contributed by atoms with Crippen molar-refractivity contribution >= 4 is 22.5 Å². The third kappa shape index (κ3) is 1.92. The molecule has 0 saturated carbocycles. The van der Waals surface area contributed by atoms with Gasteiger partial charge in [0.2, 0.25) is 0 Å². The van der Waals surface area contributed by atoms with Crippen LogP contribution in [0.4, 0.5) is 5.88 Å². The van der Waals surface area contributed by atoms with E-state index in [4.69, 9.17) is 21.3 Å². The molecule has 0 aliphatic rings. The van der Waals surface area contributed by atoms with Gasteiger partial charge in [0.1, 0.15) is 4.92 Å². The Bertz CT molecular complexity index is 442. The van der Waals surface area contributed by atoms with E-state index in [0.717, 1.165) is 0 Å². The molecular formula is C8H5ClN2O3. The Morgan fingerprint density at radius 1 is 1.71 bits per heavy atom. The molecule has 1 aromatic heterocycles. The third-order valence-corrected chi connectivity index (χ3v) is 1.95. The molecule has 0 aliphatic carbocycles. The molecule has 6 heteroatoms. The van der Waals surface area contributed by atoms with Crippen LogP contribution >= 0.6 is 11.6 Å². The highest BCUT2D eigenvalue weighted by Crippen LogP contribution is 2.27. The molecule has 0 fully saturated rings. The maximum Gasteiger partial charge on any atom is 0.433 e. The Labute approximate surface area is 84.3 Å². The predicted molar refractivity (Wildman–Crippen MR) is 49.4 cm³/mol. The lowest BCUT2D eigenvalue weighted by Gasteiger charge is -1.92. The number of halogens is 1. The number of hydrogen-bond acceptors (Lipinski definition) is 4. The molecule has 0 aromatic carbocycles. The molecule has 0 N–H and O–H groups in total. The summed E-state index contributed by atoms with van der Waals surface area (Å²) < 4.78 is 4.79. The quantitative estimate of drug-likeness (QED) is 0.429. The molecule has 1 heterocycles. The van der Waals surface area contributed by atoms with Crippen LogP contribution in [0, 0.1) is 21.4 Å². The lowest BCUT2D eigenvalue weighted by atomic mass is 10.3. The van der Waals surface area contributed by atoms with Gasteiger partial charge < -0.3 is 4.42 Å². The first kappa shape index (κ1) is 10.3. The van der Waals surface area contributed by atoms with E-state index in [-0.39, 0.29) is 16.4 Å². The van der Waals surface area contributed by atoms with E-state index in [0.29, 0.717) is 0 Å². The summed E-state index contributed by atoms with van der Waals surface area (Å²) in [7, 11) is 0. The van der Waals surface area contributed by atoms with Gasteiger partial charge in [0.25, 0.3) is 0 Å². The lowest BCUT2D eigenvalue weighted by molar-refractivity contribution is -0.402. The van der Waals surface area contributed by atoms with Gasteiger partial charge in [-0.1, -0.05) is 11.6 Å². The van der Waals surface area contributed by atoms with E-state index in [9.17, 15) is 10.1 Å². The van der Waals surface area contributed by atoms with Gasteiger partial charge in [0, 0.05) is 5.57 Å². The fraction of sp³-hybridized carbons (Fsp3) is 0.125. The average molecular weight is 213 g/mol. The summed E-state index contributed by atoms with van der Waals surface area (Å²) in [4.78, 5) is 9.59. The Kier molecular flexibility index (Phi) is 2.89. The summed E-state index contributed by atoms with van der Waals surface area (Å²) in [6, 6.07) is 4.35. The second-order valence-corrected chi connectivity index (χ2v) is 2.82. The van der Waals surface area contributed by atoms with E-state index in [1.54, 1.807) is 0 Å². The maximum absolute atomic E-state index is 10.3. The van der Waals surface area contributed by atoms with Crippen molar-refractivity contribution in [2.75, 3.05) is 0 Å². The van der Waals surface area contributed by atoms with Gasteiger partial charge in [-0.2, -0.15) is 5.26 Å². The normalized spacial score (nSPS) is 11.8. The van der Waals surface area contributed by atoms with Gasteiger partial charge >= 0.3 is 5.88 Å². The summed E-state index contributed by atoms with van der Waals surface area (Å²) in [6.45, 7) is 1.50. The largest absolute Gasteiger partial charge is 0.433 e. The highest BCUT2D eigenvalue weighted by molar-refractivity contribution is 6.49. The molecule has 0 unspecified atom stereocenters. The number of allylic oxidation sites excluding steroid dienone is 1. The predicted octanol–water partition coefficient (Wildman–Crippen LogP) is 2.68. The van der Waals surface area contributed by atoms with E-state index >= 15 is 0 Å². The van der Waals surface area contributed by atoms with Gasteiger partial charge in [-0.05, 0) is 13.0 Å². The van der Waals surface area contributed by atoms with Crippen molar-refractivity contribution in [3.8, 4) is 6.07 Å². The van der Waals surface area contributed by atoms with Crippen LogP contribution in [-0.2, 0) is 0 Å². The lowest BCUT2D eigenvalue weighted by Crippen LogP contribution is -1.83. The van der Waals surface area contributed by atoms with Crippen molar-refractivity contribution in [3.05, 3.63) is 33.6 Å². The Morgan fingerprint density at radius 2 is 2.36 bits per heavy atom. The summed E-state index contributed by atoms with van der Waals surface area (Å²) >= 11 is 5.72. The molecule has 0 spiro atoms. The highest BCUT2D eigenvalue weighted by atomic mass is 35.5. The van der Waals surface area contributed by atoms with Crippen molar-refractivity contribution in [1.82, 2.24) is 0 Å². The molecule has 14 heavy (non-hydrogen) atoms. The number of rotatable bonds is 2. The summed E-state index contributed by atoms with van der Waals surface area (Å²) in [6.07, 6.45) is 0.